The van der Waals surface area contributed by atoms with E-state index in [2.05, 4.69) is 60.0 Å². The number of benzene rings is 3. The Labute approximate surface area is 819 Å². The lowest BCUT2D eigenvalue weighted by Gasteiger charge is -2.24. The van der Waals surface area contributed by atoms with Gasteiger partial charge in [0.1, 0.15) is 56.7 Å². The first-order valence-corrected chi connectivity index (χ1v) is 49.4. The number of carbonyl (C=O) groups excluding carboxylic acids is 3. The Morgan fingerprint density at radius 3 is 1.39 bits per heavy atom. The number of ether oxygens (including phenoxy) is 9. The van der Waals surface area contributed by atoms with Crippen LogP contribution in [0.15, 0.2) is 151 Å². The maximum Gasteiger partial charge on any atom is 0.316 e. The molecule has 736 valence electrons. The number of ketones is 1. The van der Waals surface area contributed by atoms with Gasteiger partial charge in [0.05, 0.1) is 66.1 Å². The molecule has 1 saturated carbocycles. The van der Waals surface area contributed by atoms with Crippen molar-refractivity contribution in [3.05, 3.63) is 240 Å². The van der Waals surface area contributed by atoms with Crippen LogP contribution in [0.3, 0.4) is 0 Å². The molecule has 1 unspecified atom stereocenters. The zero-order valence-corrected chi connectivity index (χ0v) is 80.3. The number of primary amides is 1. The molecular weight excluding hydrogens is 1820 g/mol. The number of hydrogen-bond acceptors (Lipinski definition) is 26. The minimum absolute atomic E-state index is 0.0553. The van der Waals surface area contributed by atoms with Crippen molar-refractivity contribution in [2.75, 3.05) is 89.0 Å². The molecule has 1 amide bonds. The summed E-state index contributed by atoms with van der Waals surface area (Å²) in [5.41, 5.74) is 27.0. The van der Waals surface area contributed by atoms with E-state index in [9.17, 15) is 23.6 Å². The Bertz CT molecular complexity index is 5960. The van der Waals surface area contributed by atoms with Gasteiger partial charge in [-0.2, -0.15) is 20.6 Å². The zero-order valence-electron chi connectivity index (χ0n) is 78.8. The lowest BCUT2D eigenvalue weighted by Crippen LogP contribution is -2.39. The summed E-state index contributed by atoms with van der Waals surface area (Å²) in [5, 5.41) is 33.6. The predicted molar refractivity (Wildman–Crippen MR) is 526 cm³/mol. The molecule has 1 atom stereocenters. The fourth-order valence-electron chi connectivity index (χ4n) is 18.2. The number of nitrogens with one attached hydrogen (secondary N) is 4. The molecule has 21 rings (SSSR count). The highest BCUT2D eigenvalue weighted by Crippen LogP contribution is 2.42. The molecule has 10 aliphatic rings. The van der Waals surface area contributed by atoms with E-state index in [0.717, 1.165) is 259 Å². The smallest absolute Gasteiger partial charge is 0.316 e. The third-order valence-electron chi connectivity index (χ3n) is 25.5. The number of hydrazine groups is 1. The lowest BCUT2D eigenvalue weighted by atomic mass is 9.88. The van der Waals surface area contributed by atoms with Gasteiger partial charge in [-0.1, -0.05) is 53.9 Å². The second-order valence-electron chi connectivity index (χ2n) is 35.3. The number of pyridine rings is 4. The third-order valence-corrected chi connectivity index (χ3v) is 25.9. The highest BCUT2D eigenvalue weighted by Gasteiger charge is 2.34. The third kappa shape index (κ3) is 29.8. The van der Waals surface area contributed by atoms with Gasteiger partial charge in [-0.25, -0.2) is 47.9 Å². The van der Waals surface area contributed by atoms with E-state index < -0.39 is 11.8 Å². The Kier molecular flexibility index (Phi) is 39.1. The summed E-state index contributed by atoms with van der Waals surface area (Å²) in [6.07, 6.45) is 36.9. The van der Waals surface area contributed by atoms with Gasteiger partial charge in [0.15, 0.2) is 5.69 Å². The first-order chi connectivity index (χ1) is 67.9. The van der Waals surface area contributed by atoms with Crippen molar-refractivity contribution in [3.8, 4) is 41.0 Å². The number of aryl methyl sites for hydroxylation is 4. The molecule has 11 aromatic rings. The number of nitrogens with two attached hydrogens (primary N) is 3. The first kappa shape index (κ1) is 102. The number of hydrogen-bond donors (Lipinski definition) is 7. The van der Waals surface area contributed by atoms with Crippen LogP contribution >= 0.6 is 23.2 Å². The van der Waals surface area contributed by atoms with Gasteiger partial charge in [0, 0.05) is 178 Å². The van der Waals surface area contributed by atoms with Gasteiger partial charge < -0.3 is 64.7 Å². The number of aromatic nitrogens is 12. The molecule has 0 bridgehead atoms. The normalized spacial score (nSPS) is 17.5. The predicted octanol–water partition coefficient (Wildman–Crippen LogP) is 19.1. The summed E-state index contributed by atoms with van der Waals surface area (Å²) in [4.78, 5) is 65.9. The molecule has 13 heterocycles. The van der Waals surface area contributed by atoms with Crippen LogP contribution in [-0.4, -0.2) is 155 Å². The van der Waals surface area contributed by atoms with Gasteiger partial charge in [-0.3, -0.25) is 35.5 Å². The largest absolute Gasteiger partial charge is 0.465 e. The zero-order chi connectivity index (χ0) is 97.0. The molecule has 5 saturated heterocycles. The van der Waals surface area contributed by atoms with E-state index in [0.29, 0.717) is 100 Å². The quantitative estimate of drug-likeness (QED) is 0.00798. The molecule has 33 nitrogen and oxygen atoms in total. The lowest BCUT2D eigenvalue weighted by molar-refractivity contribution is -0.152. The van der Waals surface area contributed by atoms with Crippen LogP contribution < -0.4 is 53.1 Å². The van der Waals surface area contributed by atoms with Crippen LogP contribution in [-0.2, 0) is 89.4 Å². The SMILES string of the molecule is CCOC(=O)C1CCCCC1=O.Clc1cc(Oc2c3c(nn2C2CCOCC2)CCCC3)ccn1.Fc1ccnc(Cl)c1.N#Cc1cccc(N)c1.NC(=O)c1cccc(Nc2cc(Oc3c4c(nn3C3CCOCC3)CCCC4)ccn2)c1.NNC1CCOCC1.O=c1c2c([nH]n1C1CCOCC1)CCCC2.[C-]#[N+]c1cccc(Nc2cc(Oc3c4c(nn3C3CCOCC3)CCCC4)ccn2)c1. The summed E-state index contributed by atoms with van der Waals surface area (Å²) < 4.78 is 71.1. The van der Waals surface area contributed by atoms with Gasteiger partial charge in [-0.15, -0.1) is 0 Å². The van der Waals surface area contributed by atoms with Gasteiger partial charge in [-0.05, 0) is 260 Å². The fourth-order valence-corrected chi connectivity index (χ4v) is 18.5. The number of aromatic amines is 1. The van der Waals surface area contributed by atoms with Crippen molar-refractivity contribution < 1.29 is 61.4 Å². The molecule has 6 fully saturated rings. The van der Waals surface area contributed by atoms with Gasteiger partial charge in [0.2, 0.25) is 23.5 Å². The van der Waals surface area contributed by atoms with E-state index in [1.807, 2.05) is 59.3 Å². The molecule has 5 aliphatic heterocycles. The topological polar surface area (TPSA) is 419 Å². The monoisotopic (exact) mass is 1940 g/mol. The average molecular weight is 1940 g/mol. The fraction of sp³-hybridized carbons (Fsp3) is 0.466. The van der Waals surface area contributed by atoms with Crippen molar-refractivity contribution >= 4 is 75.2 Å². The van der Waals surface area contributed by atoms with E-state index in [1.54, 1.807) is 86.2 Å². The molecule has 139 heavy (non-hydrogen) atoms. The number of rotatable bonds is 18. The summed E-state index contributed by atoms with van der Waals surface area (Å²) in [6, 6.07) is 38.4. The molecular formula is C103H125Cl2FN20O13. The Morgan fingerprint density at radius 1 is 0.518 bits per heavy atom. The van der Waals surface area contributed by atoms with Crippen LogP contribution in [0.1, 0.15) is 233 Å². The number of fused-ring (bicyclic) bond motifs is 4. The van der Waals surface area contributed by atoms with E-state index in [1.165, 1.54) is 84.6 Å². The molecule has 3 aromatic carbocycles. The number of Topliss-reactive ketones (excluding diaryl/α,β-unsaturated/α-hetero) is 1. The number of anilines is 5. The summed E-state index contributed by atoms with van der Waals surface area (Å²) in [5.74, 6) is 9.66. The van der Waals surface area contributed by atoms with E-state index in [-0.39, 0.29) is 28.3 Å². The van der Waals surface area contributed by atoms with Crippen LogP contribution in [0.2, 0.25) is 10.3 Å². The maximum absolute atomic E-state index is 12.2. The average Bonchev–Trinajstić information content (AvgIpc) is 1.65. The maximum atomic E-state index is 12.2. The summed E-state index contributed by atoms with van der Waals surface area (Å²) in [7, 11) is 0. The molecule has 0 radical (unpaired) electrons. The van der Waals surface area contributed by atoms with E-state index >= 15 is 0 Å². The van der Waals surface area contributed by atoms with E-state index in [4.69, 9.17) is 110 Å². The second kappa shape index (κ2) is 53.1. The molecule has 36 heteroatoms. The van der Waals surface area contributed by atoms with Crippen molar-refractivity contribution in [2.24, 2.45) is 17.5 Å². The van der Waals surface area contributed by atoms with Crippen LogP contribution in [0.5, 0.6) is 34.9 Å². The molecule has 10 N–H and O–H groups in total. The Hall–Kier alpha value is -12.5. The van der Waals surface area contributed by atoms with Gasteiger partial charge >= 0.3 is 5.97 Å². The van der Waals surface area contributed by atoms with Gasteiger partial charge in [0.25, 0.3) is 5.56 Å². The number of amides is 1. The van der Waals surface area contributed by atoms with Crippen molar-refractivity contribution in [1.29, 1.82) is 5.26 Å². The minimum atomic E-state index is -0.468. The number of carbonyl (C=O) groups is 3. The standard InChI is InChI=1S/C24H27N5O3.C24H25N5O2.C17H20ClN3O2.C12H18N2O2.C9H14O3.C7H6N2.C5H3ClFN.C5H12N2O/c25-23(30)16-4-3-5-17(14-16)27-22-15-19(8-11-26-22)32-24-20-6-1-2-7-21(20)28-29(24)18-9-12-31-13-10-18;1-25-17-5-4-6-18(15-17)27-23-16-20(9-12-26-23)31-24-21-7-2-3-8-22(21)28-29(24)19-10-13-30-14-11-19;18-16-11-13(5-8-19-16)23-17-14-3-1-2-4-15(14)20-21(17)12-6-9-22-10-7-12;15-12-10-3-1-2-4-11(10)13-14(12)9-5-7-16-8-6-9;1-2-12-9(11)7-5-3-4-6-8(7)10;8-5-6-2-1-3-7(9)4-6;6-5-3-4(7)1-2-8-5;6-7-5-1-3-8-4-2-5/h3-5,8,11,14-15,18H,1-2,6-7,9-10,12-13H2,(H2,25,30)(H,26,27);4-6,9,12,15-16,19H,2-3,7-8,10-11,13-14H2,(H,26,27);5,8,11-12H,1-4,6-7,9-10H2;9,13H,1-8H2;7H,2-6H2,1H3;1-4H,9H2;1-3H;5,7H,1-4,6H2. The number of halogens is 3. The van der Waals surface area contributed by atoms with Crippen molar-refractivity contribution in [1.82, 2.24) is 64.5 Å². The number of H-pyrrole nitrogens is 1. The summed E-state index contributed by atoms with van der Waals surface area (Å²) in [6.45, 7) is 17.2. The Balaban J connectivity index is 0.000000133. The van der Waals surface area contributed by atoms with Crippen molar-refractivity contribution in [3.63, 3.8) is 0 Å². The second-order valence-corrected chi connectivity index (χ2v) is 36.1. The van der Waals surface area contributed by atoms with Crippen LogP contribution in [0.4, 0.5) is 38.8 Å². The number of nitrogens with zero attached hydrogens (tertiary/aromatic N) is 13. The molecule has 0 spiro atoms. The van der Waals surface area contributed by atoms with Crippen molar-refractivity contribution in [2.45, 2.75) is 230 Å². The number of nitriles is 1. The molecule has 8 aromatic heterocycles. The first-order valence-electron chi connectivity index (χ1n) is 48.6. The molecule has 5 aliphatic carbocycles. The Morgan fingerprint density at radius 2 is 0.957 bits per heavy atom. The highest BCUT2D eigenvalue weighted by molar-refractivity contribution is 6.29. The van der Waals surface area contributed by atoms with Crippen LogP contribution in [0, 0.1) is 29.6 Å². The highest BCUT2D eigenvalue weighted by atomic mass is 35.5. The minimum Gasteiger partial charge on any atom is -0.465 e. The number of esters is 1. The summed E-state index contributed by atoms with van der Waals surface area (Å²) >= 11 is 11.3. The number of nitrogen functional groups attached to an aromatic ring is 1. The van der Waals surface area contributed by atoms with Crippen LogP contribution in [0.25, 0.3) is 4.85 Å².